The molecule has 0 aliphatic heterocycles. The molecule has 0 spiro atoms. The van der Waals surface area contributed by atoms with Gasteiger partial charge >= 0.3 is 0 Å². The van der Waals surface area contributed by atoms with E-state index in [-0.39, 0.29) is 23.8 Å². The summed E-state index contributed by atoms with van der Waals surface area (Å²) in [7, 11) is 0. The zero-order chi connectivity index (χ0) is 23.1. The Hall–Kier alpha value is -3.66. The molecule has 32 heavy (non-hydrogen) atoms. The van der Waals surface area contributed by atoms with E-state index >= 15 is 0 Å². The first kappa shape index (κ1) is 23.0. The molecule has 1 unspecified atom stereocenters. The van der Waals surface area contributed by atoms with E-state index in [0.717, 1.165) is 16.9 Å². The van der Waals surface area contributed by atoms with Crippen molar-refractivity contribution in [3.63, 3.8) is 0 Å². The van der Waals surface area contributed by atoms with Gasteiger partial charge in [-0.25, -0.2) is 9.37 Å². The van der Waals surface area contributed by atoms with Crippen LogP contribution in [-0.2, 0) is 0 Å². The fourth-order valence-corrected chi connectivity index (χ4v) is 3.67. The molecule has 0 saturated carbocycles. The Kier molecular flexibility index (Phi) is 7.61. The third-order valence-corrected chi connectivity index (χ3v) is 5.21. The number of fused-ring (bicyclic) bond motifs is 1. The molecule has 2 aromatic carbocycles. The van der Waals surface area contributed by atoms with Crippen LogP contribution in [0.25, 0.3) is 11.0 Å². The second-order valence-electron chi connectivity index (χ2n) is 7.85. The zero-order valence-corrected chi connectivity index (χ0v) is 18.4. The quantitative estimate of drug-likeness (QED) is 0.203. The fourth-order valence-electron chi connectivity index (χ4n) is 3.67. The van der Waals surface area contributed by atoms with Gasteiger partial charge in [0.15, 0.2) is 0 Å². The summed E-state index contributed by atoms with van der Waals surface area (Å²) in [6, 6.07) is 14.6. The number of hydrogen-bond acceptors (Lipinski definition) is 3. The second-order valence-corrected chi connectivity index (χ2v) is 7.85. The van der Waals surface area contributed by atoms with E-state index in [0.29, 0.717) is 30.5 Å². The number of benzene rings is 2. The molecule has 6 nitrogen and oxygen atoms in total. The zero-order valence-electron chi connectivity index (χ0n) is 18.4. The van der Waals surface area contributed by atoms with Gasteiger partial charge in [0.1, 0.15) is 18.3 Å². The van der Waals surface area contributed by atoms with Crippen LogP contribution in [-0.4, -0.2) is 34.5 Å². The number of carbonyl (C=O) groups is 1. The van der Waals surface area contributed by atoms with Crippen LogP contribution in [0, 0.1) is 17.8 Å². The Morgan fingerprint density at radius 1 is 1.22 bits per heavy atom. The summed E-state index contributed by atoms with van der Waals surface area (Å²) in [6.45, 7) is 3.78. The number of para-hydroxylation sites is 2. The van der Waals surface area contributed by atoms with Crippen LogP contribution in [0.3, 0.4) is 0 Å². The molecule has 3 aromatic rings. The fraction of sp³-hybridized carbons (Fsp3) is 0.320. The third kappa shape index (κ3) is 5.33. The van der Waals surface area contributed by atoms with Crippen molar-refractivity contribution in [1.29, 1.82) is 5.41 Å². The van der Waals surface area contributed by atoms with Crippen molar-refractivity contribution in [2.45, 2.75) is 38.8 Å². The maximum atomic E-state index is 13.0. The highest BCUT2D eigenvalue weighted by atomic mass is 19.1. The summed E-state index contributed by atoms with van der Waals surface area (Å²) >= 11 is 0. The minimum atomic E-state index is -0.822. The summed E-state index contributed by atoms with van der Waals surface area (Å²) < 4.78 is 14.7. The van der Waals surface area contributed by atoms with Gasteiger partial charge in [-0.3, -0.25) is 10.2 Å². The number of imidazole rings is 1. The maximum Gasteiger partial charge on any atom is 0.251 e. The Morgan fingerprint density at radius 2 is 1.94 bits per heavy atom. The van der Waals surface area contributed by atoms with Gasteiger partial charge in [0.2, 0.25) is 0 Å². The Labute approximate surface area is 187 Å². The van der Waals surface area contributed by atoms with E-state index in [2.05, 4.69) is 35.0 Å². The lowest BCUT2D eigenvalue weighted by atomic mass is 10.1. The monoisotopic (exact) mass is 433 g/mol. The first-order chi connectivity index (χ1) is 15.4. The van der Waals surface area contributed by atoms with Crippen LogP contribution in [0.15, 0.2) is 48.5 Å². The van der Waals surface area contributed by atoms with E-state index in [1.807, 2.05) is 24.3 Å². The molecule has 0 aliphatic rings. The lowest BCUT2D eigenvalue weighted by molar-refractivity contribution is 0.0931. The standard InChI is InChI=1S/C25H28FN5O/c1-4-18-11-13-19(14-12-18)25(32)30-21(9-7-15-28-23(27)16-26)24-29-20-8-5-6-10-22(20)31(24)17(2)3/h1,5-6,8,10-14,17,21H,7,9,15-16H2,2-3H3,(H2,27,28)(H,30,32). The van der Waals surface area contributed by atoms with Gasteiger partial charge in [0.25, 0.3) is 5.91 Å². The van der Waals surface area contributed by atoms with Crippen LogP contribution >= 0.6 is 0 Å². The van der Waals surface area contributed by atoms with Crippen LogP contribution in [0.5, 0.6) is 0 Å². The average molecular weight is 434 g/mol. The smallest absolute Gasteiger partial charge is 0.251 e. The highest BCUT2D eigenvalue weighted by Crippen LogP contribution is 2.27. The number of nitrogens with zero attached hydrogens (tertiary/aromatic N) is 2. The maximum absolute atomic E-state index is 13.0. The number of aromatic nitrogens is 2. The minimum Gasteiger partial charge on any atom is -0.372 e. The first-order valence-corrected chi connectivity index (χ1v) is 10.7. The largest absolute Gasteiger partial charge is 0.372 e. The molecule has 3 rings (SSSR count). The first-order valence-electron chi connectivity index (χ1n) is 10.7. The summed E-state index contributed by atoms with van der Waals surface area (Å²) in [5.74, 6) is 2.96. The molecule has 166 valence electrons. The van der Waals surface area contributed by atoms with E-state index in [4.69, 9.17) is 16.8 Å². The Balaban J connectivity index is 1.89. The molecule has 0 radical (unpaired) electrons. The molecule has 1 heterocycles. The Morgan fingerprint density at radius 3 is 2.59 bits per heavy atom. The number of alkyl halides is 1. The van der Waals surface area contributed by atoms with Gasteiger partial charge in [0, 0.05) is 23.7 Å². The average Bonchev–Trinajstić information content (AvgIpc) is 3.20. The van der Waals surface area contributed by atoms with Crippen molar-refractivity contribution in [1.82, 2.24) is 20.2 Å². The minimum absolute atomic E-state index is 0.143. The van der Waals surface area contributed by atoms with E-state index in [1.54, 1.807) is 24.3 Å². The Bertz CT molecular complexity index is 1130. The molecule has 0 fully saturated rings. The number of hydrogen-bond donors (Lipinski definition) is 3. The number of amidine groups is 1. The van der Waals surface area contributed by atoms with E-state index in [9.17, 15) is 9.18 Å². The number of carbonyl (C=O) groups excluding carboxylic acids is 1. The summed E-state index contributed by atoms with van der Waals surface area (Å²) in [4.78, 5) is 17.8. The van der Waals surface area contributed by atoms with Crippen LogP contribution < -0.4 is 10.6 Å². The molecule has 0 saturated heterocycles. The summed E-state index contributed by atoms with van der Waals surface area (Å²) in [5.41, 5.74) is 3.10. The van der Waals surface area contributed by atoms with Gasteiger partial charge in [-0.2, -0.15) is 0 Å². The van der Waals surface area contributed by atoms with Crippen molar-refractivity contribution in [3.8, 4) is 12.3 Å². The third-order valence-electron chi connectivity index (χ3n) is 5.21. The van der Waals surface area contributed by atoms with E-state index < -0.39 is 6.67 Å². The van der Waals surface area contributed by atoms with Crippen molar-refractivity contribution in [2.75, 3.05) is 13.2 Å². The SMILES string of the molecule is C#Cc1ccc(C(=O)NC(CCCNC(=N)CF)c2nc3ccccc3n2C(C)C)cc1. The molecule has 1 atom stereocenters. The number of rotatable bonds is 9. The highest BCUT2D eigenvalue weighted by molar-refractivity contribution is 5.94. The summed E-state index contributed by atoms with van der Waals surface area (Å²) in [6.07, 6.45) is 6.62. The van der Waals surface area contributed by atoms with E-state index in [1.165, 1.54) is 0 Å². The molecule has 3 N–H and O–H groups in total. The molecule has 7 heteroatoms. The van der Waals surface area contributed by atoms with Crippen LogP contribution in [0.4, 0.5) is 4.39 Å². The molecule has 0 aliphatic carbocycles. The van der Waals surface area contributed by atoms with Gasteiger partial charge in [-0.1, -0.05) is 18.1 Å². The lowest BCUT2D eigenvalue weighted by Gasteiger charge is -2.22. The van der Waals surface area contributed by atoms with Crippen molar-refractivity contribution in [2.24, 2.45) is 0 Å². The van der Waals surface area contributed by atoms with Crippen molar-refractivity contribution >= 4 is 22.8 Å². The molecule has 0 bridgehead atoms. The number of terminal acetylenes is 1. The topological polar surface area (TPSA) is 82.8 Å². The molecule has 1 amide bonds. The van der Waals surface area contributed by atoms with Crippen LogP contribution in [0.1, 0.15) is 60.5 Å². The van der Waals surface area contributed by atoms with Gasteiger partial charge in [0.05, 0.1) is 17.1 Å². The number of halogens is 1. The molecule has 1 aromatic heterocycles. The van der Waals surface area contributed by atoms with Crippen LogP contribution in [0.2, 0.25) is 0 Å². The van der Waals surface area contributed by atoms with Crippen molar-refractivity contribution < 1.29 is 9.18 Å². The number of amides is 1. The number of nitrogens with one attached hydrogen (secondary N) is 3. The van der Waals surface area contributed by atoms with Gasteiger partial charge in [-0.05, 0) is 63.1 Å². The highest BCUT2D eigenvalue weighted by Gasteiger charge is 2.23. The molecular weight excluding hydrogens is 405 g/mol. The lowest BCUT2D eigenvalue weighted by Crippen LogP contribution is -2.32. The predicted octanol–water partition coefficient (Wildman–Crippen LogP) is 4.39. The summed E-state index contributed by atoms with van der Waals surface area (Å²) in [5, 5.41) is 13.3. The van der Waals surface area contributed by atoms with Gasteiger partial charge < -0.3 is 15.2 Å². The van der Waals surface area contributed by atoms with Crippen molar-refractivity contribution in [3.05, 3.63) is 65.5 Å². The second kappa shape index (κ2) is 10.6. The normalized spacial score (nSPS) is 11.8. The van der Waals surface area contributed by atoms with Gasteiger partial charge in [-0.15, -0.1) is 6.42 Å². The predicted molar refractivity (Wildman–Crippen MR) is 126 cm³/mol. The molecular formula is C25H28FN5O.